The molecule has 1 fully saturated rings. The highest BCUT2D eigenvalue weighted by Crippen LogP contribution is 2.31. The fourth-order valence-corrected chi connectivity index (χ4v) is 3.20. The topological polar surface area (TPSA) is 23.6 Å². The highest BCUT2D eigenvalue weighted by molar-refractivity contribution is 5.79. The molecule has 2 aromatic rings. The van der Waals surface area contributed by atoms with Gasteiger partial charge >= 0.3 is 6.18 Å². The van der Waals surface area contributed by atoms with Crippen LogP contribution in [-0.4, -0.2) is 37.0 Å². The Bertz CT molecular complexity index is 781. The van der Waals surface area contributed by atoms with Gasteiger partial charge in [-0.3, -0.25) is 4.79 Å². The van der Waals surface area contributed by atoms with Crippen molar-refractivity contribution in [2.75, 3.05) is 31.1 Å². The lowest BCUT2D eigenvalue weighted by atomic mass is 10.1. The number of aryl methyl sites for hydroxylation is 1. The third-order valence-corrected chi connectivity index (χ3v) is 4.61. The van der Waals surface area contributed by atoms with Crippen molar-refractivity contribution in [3.05, 3.63) is 65.2 Å². The molecule has 3 rings (SSSR count). The van der Waals surface area contributed by atoms with Crippen LogP contribution in [0.25, 0.3) is 0 Å². The number of nitrogens with zero attached hydrogens (tertiary/aromatic N) is 2. The number of amides is 1. The molecule has 1 heterocycles. The quantitative estimate of drug-likeness (QED) is 0.827. The second-order valence-electron chi connectivity index (χ2n) is 6.58. The number of carbonyl (C=O) groups is 1. The van der Waals surface area contributed by atoms with Crippen molar-refractivity contribution in [2.45, 2.75) is 19.5 Å². The second kappa shape index (κ2) is 7.40. The molecule has 1 aliphatic rings. The maximum atomic E-state index is 12.9. The highest BCUT2D eigenvalue weighted by Gasteiger charge is 2.31. The number of hydrogen-bond acceptors (Lipinski definition) is 2. The Morgan fingerprint density at radius 1 is 1.00 bits per heavy atom. The minimum Gasteiger partial charge on any atom is -0.368 e. The van der Waals surface area contributed by atoms with Gasteiger partial charge in [0.1, 0.15) is 0 Å². The molecule has 26 heavy (non-hydrogen) atoms. The van der Waals surface area contributed by atoms with E-state index in [9.17, 15) is 18.0 Å². The zero-order valence-electron chi connectivity index (χ0n) is 14.6. The Kier molecular flexibility index (Phi) is 5.20. The number of carbonyl (C=O) groups excluding carboxylic acids is 1. The largest absolute Gasteiger partial charge is 0.416 e. The first-order valence-corrected chi connectivity index (χ1v) is 8.58. The van der Waals surface area contributed by atoms with Gasteiger partial charge in [-0.05, 0) is 30.7 Å². The number of hydrogen-bond donors (Lipinski definition) is 0. The van der Waals surface area contributed by atoms with Crippen LogP contribution in [0.1, 0.15) is 16.7 Å². The Balaban J connectivity index is 1.60. The lowest BCUT2D eigenvalue weighted by Gasteiger charge is -2.36. The molecule has 0 N–H and O–H groups in total. The Labute approximate surface area is 151 Å². The van der Waals surface area contributed by atoms with Crippen LogP contribution >= 0.6 is 0 Å². The van der Waals surface area contributed by atoms with Crippen LogP contribution in [0.3, 0.4) is 0 Å². The minimum atomic E-state index is -4.35. The number of alkyl halides is 3. The lowest BCUT2D eigenvalue weighted by molar-refractivity contribution is -0.137. The fourth-order valence-electron chi connectivity index (χ4n) is 3.20. The molecule has 0 saturated carbocycles. The molecule has 1 saturated heterocycles. The summed E-state index contributed by atoms with van der Waals surface area (Å²) in [6.07, 6.45) is -3.99. The van der Waals surface area contributed by atoms with Crippen LogP contribution < -0.4 is 4.90 Å². The predicted molar refractivity (Wildman–Crippen MR) is 95.1 cm³/mol. The van der Waals surface area contributed by atoms with Gasteiger partial charge in [-0.2, -0.15) is 13.2 Å². The monoisotopic (exact) mass is 362 g/mol. The van der Waals surface area contributed by atoms with E-state index in [1.807, 2.05) is 36.1 Å². The minimum absolute atomic E-state index is 0.0549. The summed E-state index contributed by atoms with van der Waals surface area (Å²) in [5.41, 5.74) is 2.00. The summed E-state index contributed by atoms with van der Waals surface area (Å²) in [4.78, 5) is 16.1. The molecule has 138 valence electrons. The van der Waals surface area contributed by atoms with E-state index in [4.69, 9.17) is 0 Å². The van der Waals surface area contributed by atoms with E-state index >= 15 is 0 Å². The Morgan fingerprint density at radius 3 is 2.35 bits per heavy atom. The standard InChI is InChI=1S/C20H21F3N2O/c1-15-4-2-5-16(12-15)13-19(26)25-10-8-24(9-11-25)18-7-3-6-17(14-18)20(21,22)23/h2-7,12,14H,8-11,13H2,1H3. The molecule has 1 aliphatic heterocycles. The first kappa shape index (κ1) is 18.3. The third-order valence-electron chi connectivity index (χ3n) is 4.61. The van der Waals surface area contributed by atoms with Crippen LogP contribution in [0.4, 0.5) is 18.9 Å². The van der Waals surface area contributed by atoms with E-state index < -0.39 is 11.7 Å². The molecule has 6 heteroatoms. The maximum absolute atomic E-state index is 12.9. The van der Waals surface area contributed by atoms with Gasteiger partial charge < -0.3 is 9.80 Å². The summed E-state index contributed by atoms with van der Waals surface area (Å²) in [5.74, 6) is 0.0549. The van der Waals surface area contributed by atoms with Crippen LogP contribution in [-0.2, 0) is 17.4 Å². The van der Waals surface area contributed by atoms with Crippen LogP contribution in [0, 0.1) is 6.92 Å². The SMILES string of the molecule is Cc1cccc(CC(=O)N2CCN(c3cccc(C(F)(F)F)c3)CC2)c1. The van der Waals surface area contributed by atoms with E-state index in [1.54, 1.807) is 11.0 Å². The summed E-state index contributed by atoms with van der Waals surface area (Å²) < 4.78 is 38.6. The van der Waals surface area contributed by atoms with Gasteiger partial charge in [-0.25, -0.2) is 0 Å². The van der Waals surface area contributed by atoms with Crippen LogP contribution in [0.5, 0.6) is 0 Å². The van der Waals surface area contributed by atoms with Crippen LogP contribution in [0.2, 0.25) is 0 Å². The van der Waals surface area contributed by atoms with E-state index in [0.29, 0.717) is 38.3 Å². The third kappa shape index (κ3) is 4.36. The normalized spacial score (nSPS) is 15.2. The second-order valence-corrected chi connectivity index (χ2v) is 6.58. The van der Waals surface area contributed by atoms with Gasteiger partial charge in [0.25, 0.3) is 0 Å². The molecular weight excluding hydrogens is 341 g/mol. The molecule has 0 unspecified atom stereocenters. The molecule has 0 atom stereocenters. The van der Waals surface area contributed by atoms with Crippen molar-refractivity contribution >= 4 is 11.6 Å². The van der Waals surface area contributed by atoms with E-state index in [1.165, 1.54) is 12.1 Å². The zero-order chi connectivity index (χ0) is 18.7. The number of piperazine rings is 1. The maximum Gasteiger partial charge on any atom is 0.416 e. The summed E-state index contributed by atoms with van der Waals surface area (Å²) in [7, 11) is 0. The molecule has 0 spiro atoms. The Morgan fingerprint density at radius 2 is 1.69 bits per heavy atom. The van der Waals surface area contributed by atoms with E-state index in [2.05, 4.69) is 0 Å². The molecule has 3 nitrogen and oxygen atoms in total. The number of anilines is 1. The predicted octanol–water partition coefficient (Wildman–Crippen LogP) is 3.91. The van der Waals surface area contributed by atoms with Crippen molar-refractivity contribution in [3.63, 3.8) is 0 Å². The molecule has 0 bridgehead atoms. The molecule has 0 radical (unpaired) electrons. The highest BCUT2D eigenvalue weighted by atomic mass is 19.4. The molecule has 1 amide bonds. The summed E-state index contributed by atoms with van der Waals surface area (Å²) in [6.45, 7) is 4.07. The molecular formula is C20H21F3N2O. The van der Waals surface area contributed by atoms with Crippen molar-refractivity contribution in [1.82, 2.24) is 4.90 Å². The smallest absolute Gasteiger partial charge is 0.368 e. The van der Waals surface area contributed by atoms with Gasteiger partial charge in [-0.15, -0.1) is 0 Å². The number of rotatable bonds is 3. The zero-order valence-corrected chi connectivity index (χ0v) is 14.6. The average molecular weight is 362 g/mol. The van der Waals surface area contributed by atoms with E-state index in [-0.39, 0.29) is 5.91 Å². The lowest BCUT2D eigenvalue weighted by Crippen LogP contribution is -2.49. The number of benzene rings is 2. The summed E-state index contributed by atoms with van der Waals surface area (Å²) in [5, 5.41) is 0. The van der Waals surface area contributed by atoms with Crippen molar-refractivity contribution in [1.29, 1.82) is 0 Å². The molecule has 0 aliphatic carbocycles. The van der Waals surface area contributed by atoms with Crippen molar-refractivity contribution < 1.29 is 18.0 Å². The fraction of sp³-hybridized carbons (Fsp3) is 0.350. The number of halogens is 3. The Hall–Kier alpha value is -2.50. The van der Waals surface area contributed by atoms with Gasteiger partial charge in [0, 0.05) is 31.9 Å². The van der Waals surface area contributed by atoms with Crippen LogP contribution in [0.15, 0.2) is 48.5 Å². The van der Waals surface area contributed by atoms with Gasteiger partial charge in [0.15, 0.2) is 0 Å². The van der Waals surface area contributed by atoms with Crippen molar-refractivity contribution in [3.8, 4) is 0 Å². The van der Waals surface area contributed by atoms with E-state index in [0.717, 1.165) is 17.2 Å². The first-order chi connectivity index (χ1) is 12.3. The van der Waals surface area contributed by atoms with Crippen molar-refractivity contribution in [2.24, 2.45) is 0 Å². The summed E-state index contributed by atoms with van der Waals surface area (Å²) >= 11 is 0. The van der Waals surface area contributed by atoms with Gasteiger partial charge in [-0.1, -0.05) is 35.9 Å². The van der Waals surface area contributed by atoms with Gasteiger partial charge in [0.2, 0.25) is 5.91 Å². The molecule has 0 aromatic heterocycles. The molecule has 2 aromatic carbocycles. The average Bonchev–Trinajstić information content (AvgIpc) is 2.61. The first-order valence-electron chi connectivity index (χ1n) is 8.58. The summed E-state index contributed by atoms with van der Waals surface area (Å²) in [6, 6.07) is 13.2. The van der Waals surface area contributed by atoms with Gasteiger partial charge in [0.05, 0.1) is 12.0 Å².